The van der Waals surface area contributed by atoms with Crippen LogP contribution in [0.3, 0.4) is 0 Å². The van der Waals surface area contributed by atoms with Gasteiger partial charge in [-0.25, -0.2) is 8.42 Å². The van der Waals surface area contributed by atoms with E-state index in [1.807, 2.05) is 32.0 Å². The van der Waals surface area contributed by atoms with E-state index >= 15 is 0 Å². The SMILES string of the molecule is CCCc1ccc(S(=O)(=O)Nc2cc(C(=O)NC(C)CC)ccc2N2CCNCC2)cc1. The van der Waals surface area contributed by atoms with Crippen LogP contribution in [0.15, 0.2) is 47.4 Å². The number of anilines is 2. The number of benzene rings is 2. The lowest BCUT2D eigenvalue weighted by Gasteiger charge is -2.31. The van der Waals surface area contributed by atoms with E-state index in [-0.39, 0.29) is 16.8 Å². The first-order valence-electron chi connectivity index (χ1n) is 11.4. The van der Waals surface area contributed by atoms with Gasteiger partial charge in [0.2, 0.25) is 0 Å². The number of amides is 1. The fourth-order valence-electron chi connectivity index (χ4n) is 3.68. The molecule has 8 heteroatoms. The molecule has 3 N–H and O–H groups in total. The second-order valence-corrected chi connectivity index (χ2v) is 9.93. The lowest BCUT2D eigenvalue weighted by Crippen LogP contribution is -2.43. The van der Waals surface area contributed by atoms with Crippen LogP contribution in [0.1, 0.15) is 49.5 Å². The van der Waals surface area contributed by atoms with Crippen molar-refractivity contribution in [3.63, 3.8) is 0 Å². The summed E-state index contributed by atoms with van der Waals surface area (Å²) < 4.78 is 29.1. The lowest BCUT2D eigenvalue weighted by atomic mass is 10.1. The summed E-state index contributed by atoms with van der Waals surface area (Å²) in [5.41, 5.74) is 2.73. The molecule has 0 aromatic heterocycles. The van der Waals surface area contributed by atoms with Crippen molar-refractivity contribution in [2.75, 3.05) is 35.8 Å². The highest BCUT2D eigenvalue weighted by Gasteiger charge is 2.21. The third-order valence-corrected chi connectivity index (χ3v) is 7.10. The summed E-state index contributed by atoms with van der Waals surface area (Å²) in [4.78, 5) is 15.0. The van der Waals surface area contributed by atoms with Crippen molar-refractivity contribution >= 4 is 27.3 Å². The van der Waals surface area contributed by atoms with Gasteiger partial charge in [-0.3, -0.25) is 9.52 Å². The fourth-order valence-corrected chi connectivity index (χ4v) is 4.74. The number of carbonyl (C=O) groups excluding carboxylic acids is 1. The van der Waals surface area contributed by atoms with Gasteiger partial charge < -0.3 is 15.5 Å². The molecule has 1 fully saturated rings. The van der Waals surface area contributed by atoms with Crippen molar-refractivity contribution in [3.05, 3.63) is 53.6 Å². The molecule has 1 saturated heterocycles. The smallest absolute Gasteiger partial charge is 0.261 e. The zero-order valence-corrected chi connectivity index (χ0v) is 20.0. The Bertz CT molecular complexity index is 1020. The molecule has 0 aliphatic carbocycles. The lowest BCUT2D eigenvalue weighted by molar-refractivity contribution is 0.0939. The van der Waals surface area contributed by atoms with Crippen molar-refractivity contribution in [1.29, 1.82) is 0 Å². The molecule has 1 aliphatic rings. The van der Waals surface area contributed by atoms with Crippen LogP contribution in [-0.4, -0.2) is 46.5 Å². The highest BCUT2D eigenvalue weighted by Crippen LogP contribution is 2.30. The Morgan fingerprint density at radius 3 is 2.41 bits per heavy atom. The van der Waals surface area contributed by atoms with Crippen LogP contribution in [0.2, 0.25) is 0 Å². The minimum atomic E-state index is -3.80. The summed E-state index contributed by atoms with van der Waals surface area (Å²) in [7, 11) is -3.80. The first-order chi connectivity index (χ1) is 15.3. The van der Waals surface area contributed by atoms with Gasteiger partial charge in [-0.05, 0) is 55.7 Å². The van der Waals surface area contributed by atoms with E-state index in [1.165, 1.54) is 0 Å². The van der Waals surface area contributed by atoms with Gasteiger partial charge in [0.15, 0.2) is 0 Å². The number of hydrogen-bond donors (Lipinski definition) is 3. The molecule has 1 unspecified atom stereocenters. The zero-order valence-electron chi connectivity index (χ0n) is 19.1. The summed E-state index contributed by atoms with van der Waals surface area (Å²) in [5, 5.41) is 6.25. The second-order valence-electron chi connectivity index (χ2n) is 8.25. The van der Waals surface area contributed by atoms with Gasteiger partial charge >= 0.3 is 0 Å². The monoisotopic (exact) mass is 458 g/mol. The summed E-state index contributed by atoms with van der Waals surface area (Å²) in [5.74, 6) is -0.212. The van der Waals surface area contributed by atoms with Gasteiger partial charge in [0.25, 0.3) is 15.9 Å². The molecule has 0 saturated carbocycles. The maximum absolute atomic E-state index is 13.2. The molecule has 7 nitrogen and oxygen atoms in total. The summed E-state index contributed by atoms with van der Waals surface area (Å²) >= 11 is 0. The van der Waals surface area contributed by atoms with E-state index in [0.29, 0.717) is 11.3 Å². The van der Waals surface area contributed by atoms with E-state index in [0.717, 1.165) is 56.7 Å². The zero-order chi connectivity index (χ0) is 23.1. The van der Waals surface area contributed by atoms with Gasteiger partial charge in [0, 0.05) is 37.8 Å². The van der Waals surface area contributed by atoms with E-state index < -0.39 is 10.0 Å². The third-order valence-electron chi connectivity index (χ3n) is 5.72. The number of rotatable bonds is 9. The van der Waals surface area contributed by atoms with Gasteiger partial charge in [0.05, 0.1) is 16.3 Å². The van der Waals surface area contributed by atoms with Crippen molar-refractivity contribution in [2.45, 2.75) is 51.0 Å². The topological polar surface area (TPSA) is 90.5 Å². The Labute approximate surface area is 191 Å². The normalized spacial score (nSPS) is 15.3. The van der Waals surface area contributed by atoms with Gasteiger partial charge in [-0.1, -0.05) is 32.4 Å². The van der Waals surface area contributed by atoms with Crippen LogP contribution in [0.25, 0.3) is 0 Å². The molecule has 2 aromatic rings. The molecule has 0 spiro atoms. The van der Waals surface area contributed by atoms with Crippen molar-refractivity contribution in [2.24, 2.45) is 0 Å². The van der Waals surface area contributed by atoms with E-state index in [2.05, 4.69) is 27.2 Å². The number of sulfonamides is 1. The van der Waals surface area contributed by atoms with Gasteiger partial charge in [-0.2, -0.15) is 0 Å². The summed E-state index contributed by atoms with van der Waals surface area (Å²) in [6, 6.07) is 12.2. The van der Waals surface area contributed by atoms with Crippen LogP contribution in [0, 0.1) is 0 Å². The number of carbonyl (C=O) groups is 1. The Hall–Kier alpha value is -2.58. The second kappa shape index (κ2) is 10.8. The predicted octanol–water partition coefficient (Wildman–Crippen LogP) is 3.38. The largest absolute Gasteiger partial charge is 0.367 e. The van der Waals surface area contributed by atoms with Crippen LogP contribution in [0.5, 0.6) is 0 Å². The molecule has 3 rings (SSSR count). The van der Waals surface area contributed by atoms with Crippen molar-refractivity contribution in [3.8, 4) is 0 Å². The van der Waals surface area contributed by atoms with Crippen LogP contribution < -0.4 is 20.3 Å². The average molecular weight is 459 g/mol. The van der Waals surface area contributed by atoms with Gasteiger partial charge in [-0.15, -0.1) is 0 Å². The average Bonchev–Trinajstić information content (AvgIpc) is 2.80. The molecule has 174 valence electrons. The molecule has 2 aromatic carbocycles. The molecule has 1 amide bonds. The van der Waals surface area contributed by atoms with E-state index in [4.69, 9.17) is 0 Å². The molecule has 1 atom stereocenters. The van der Waals surface area contributed by atoms with Crippen LogP contribution >= 0.6 is 0 Å². The van der Waals surface area contributed by atoms with Gasteiger partial charge in [0.1, 0.15) is 0 Å². The molecule has 1 heterocycles. The number of aryl methyl sites for hydroxylation is 1. The van der Waals surface area contributed by atoms with Crippen molar-refractivity contribution < 1.29 is 13.2 Å². The van der Waals surface area contributed by atoms with Crippen LogP contribution in [-0.2, 0) is 16.4 Å². The molecule has 1 aliphatic heterocycles. The number of nitrogens with one attached hydrogen (secondary N) is 3. The fraction of sp³-hybridized carbons (Fsp3) is 0.458. The minimum Gasteiger partial charge on any atom is -0.367 e. The number of nitrogens with zero attached hydrogens (tertiary/aromatic N) is 1. The Morgan fingerprint density at radius 1 is 1.09 bits per heavy atom. The molecular formula is C24H34N4O3S. The predicted molar refractivity (Wildman–Crippen MR) is 130 cm³/mol. The first-order valence-corrected chi connectivity index (χ1v) is 12.8. The molecule has 0 bridgehead atoms. The maximum atomic E-state index is 13.2. The number of piperazine rings is 1. The number of hydrogen-bond acceptors (Lipinski definition) is 5. The standard InChI is InChI=1S/C24H34N4O3S/c1-4-6-19-7-10-21(11-8-19)32(30,31)27-22-17-20(24(29)26-18(3)5-2)9-12-23(22)28-15-13-25-14-16-28/h7-12,17-18,25,27H,4-6,13-16H2,1-3H3,(H,26,29). The molecular weight excluding hydrogens is 424 g/mol. The summed E-state index contributed by atoms with van der Waals surface area (Å²) in [6.07, 6.45) is 2.73. The minimum absolute atomic E-state index is 0.0390. The molecule has 32 heavy (non-hydrogen) atoms. The van der Waals surface area contributed by atoms with E-state index in [9.17, 15) is 13.2 Å². The highest BCUT2D eigenvalue weighted by molar-refractivity contribution is 7.92. The van der Waals surface area contributed by atoms with Crippen molar-refractivity contribution in [1.82, 2.24) is 10.6 Å². The Morgan fingerprint density at radius 2 is 1.78 bits per heavy atom. The Balaban J connectivity index is 1.93. The molecule has 0 radical (unpaired) electrons. The first kappa shape index (κ1) is 24.1. The van der Waals surface area contributed by atoms with Crippen LogP contribution in [0.4, 0.5) is 11.4 Å². The third kappa shape index (κ3) is 6.01. The maximum Gasteiger partial charge on any atom is 0.261 e. The quantitative estimate of drug-likeness (QED) is 0.536. The van der Waals surface area contributed by atoms with E-state index in [1.54, 1.807) is 24.3 Å². The highest BCUT2D eigenvalue weighted by atomic mass is 32.2. The summed E-state index contributed by atoms with van der Waals surface area (Å²) in [6.45, 7) is 9.21. The Kier molecular flexibility index (Phi) is 8.15.